The summed E-state index contributed by atoms with van der Waals surface area (Å²) >= 11 is 0. The van der Waals surface area contributed by atoms with E-state index in [-0.39, 0.29) is 16.7 Å². The van der Waals surface area contributed by atoms with Gasteiger partial charge in [0.1, 0.15) is 28.7 Å². The maximum absolute atomic E-state index is 13.5. The van der Waals surface area contributed by atoms with Crippen LogP contribution in [0.4, 0.5) is 14.5 Å². The van der Waals surface area contributed by atoms with E-state index in [2.05, 4.69) is 5.32 Å². The van der Waals surface area contributed by atoms with Gasteiger partial charge in [0.05, 0.1) is 5.69 Å². The number of carbonyl (C=O) groups excluding carboxylic acids is 2. The highest BCUT2D eigenvalue weighted by Gasteiger charge is 2.19. The van der Waals surface area contributed by atoms with Crippen molar-refractivity contribution in [2.24, 2.45) is 0 Å². The summed E-state index contributed by atoms with van der Waals surface area (Å²) in [7, 11) is 0. The summed E-state index contributed by atoms with van der Waals surface area (Å²) in [6, 6.07) is 9.84. The van der Waals surface area contributed by atoms with Crippen LogP contribution in [-0.4, -0.2) is 28.7 Å². The van der Waals surface area contributed by atoms with Crippen molar-refractivity contribution in [3.05, 3.63) is 65.7 Å². The molecule has 0 heterocycles. The third-order valence-corrected chi connectivity index (χ3v) is 3.75. The van der Waals surface area contributed by atoms with Gasteiger partial charge in [-0.25, -0.2) is 13.6 Å². The molecule has 27 heavy (non-hydrogen) atoms. The summed E-state index contributed by atoms with van der Waals surface area (Å²) in [6.07, 6.45) is 0. The van der Waals surface area contributed by atoms with Gasteiger partial charge < -0.3 is 20.3 Å². The van der Waals surface area contributed by atoms with E-state index in [0.717, 1.165) is 24.3 Å². The number of fused-ring (bicyclic) bond motifs is 1. The standard InChI is InChI=1S/C19H13F2NO5/c20-10-5-6-14(21)15(7-10)22-17(24)9-27-19(26)13-8-16(23)11-3-1-2-4-12(11)18(13)25/h1-8,23,25H,9H2,(H,22,24). The fourth-order valence-electron chi connectivity index (χ4n) is 2.48. The van der Waals surface area contributed by atoms with Crippen LogP contribution >= 0.6 is 0 Å². The van der Waals surface area contributed by atoms with E-state index in [9.17, 15) is 28.6 Å². The minimum absolute atomic E-state index is 0.232. The number of phenols is 2. The highest BCUT2D eigenvalue weighted by atomic mass is 19.1. The number of hydrogen-bond donors (Lipinski definition) is 3. The van der Waals surface area contributed by atoms with Crippen LogP contribution < -0.4 is 5.32 Å². The molecule has 3 aromatic carbocycles. The van der Waals surface area contributed by atoms with Crippen LogP contribution in [0.15, 0.2) is 48.5 Å². The molecule has 0 aliphatic heterocycles. The molecule has 3 aromatic rings. The average Bonchev–Trinajstić information content (AvgIpc) is 2.65. The molecule has 8 heteroatoms. The summed E-state index contributed by atoms with van der Waals surface area (Å²) in [5, 5.41) is 22.8. The van der Waals surface area contributed by atoms with Crippen molar-refractivity contribution in [2.75, 3.05) is 11.9 Å². The minimum atomic E-state index is -1.07. The van der Waals surface area contributed by atoms with Gasteiger partial charge in [0.2, 0.25) is 0 Å². The average molecular weight is 373 g/mol. The Morgan fingerprint density at radius 3 is 2.44 bits per heavy atom. The number of hydrogen-bond acceptors (Lipinski definition) is 5. The number of carbonyl (C=O) groups is 2. The molecule has 0 saturated carbocycles. The number of ether oxygens (including phenoxy) is 1. The summed E-state index contributed by atoms with van der Waals surface area (Å²) < 4.78 is 31.4. The third-order valence-electron chi connectivity index (χ3n) is 3.75. The van der Waals surface area contributed by atoms with Crippen LogP contribution in [0.3, 0.4) is 0 Å². The number of amides is 1. The molecule has 3 N–H and O–H groups in total. The molecule has 0 spiro atoms. The second kappa shape index (κ2) is 7.28. The van der Waals surface area contributed by atoms with Gasteiger partial charge in [-0.05, 0) is 18.2 Å². The number of rotatable bonds is 4. The fraction of sp³-hybridized carbons (Fsp3) is 0.0526. The predicted molar refractivity (Wildman–Crippen MR) is 92.5 cm³/mol. The number of halogens is 2. The lowest BCUT2D eigenvalue weighted by Gasteiger charge is -2.10. The molecule has 0 aliphatic carbocycles. The number of esters is 1. The Morgan fingerprint density at radius 2 is 1.70 bits per heavy atom. The monoisotopic (exact) mass is 373 g/mol. The highest BCUT2D eigenvalue weighted by Crippen LogP contribution is 2.35. The first-order valence-corrected chi connectivity index (χ1v) is 7.72. The molecule has 0 aliphatic rings. The normalized spacial score (nSPS) is 10.6. The Bertz CT molecular complexity index is 1050. The van der Waals surface area contributed by atoms with Crippen LogP contribution in [-0.2, 0) is 9.53 Å². The zero-order valence-electron chi connectivity index (χ0n) is 13.7. The Kier molecular flexibility index (Phi) is 4.89. The van der Waals surface area contributed by atoms with Gasteiger partial charge in [-0.1, -0.05) is 24.3 Å². The Balaban J connectivity index is 1.72. The van der Waals surface area contributed by atoms with Gasteiger partial charge in [-0.2, -0.15) is 0 Å². The zero-order valence-corrected chi connectivity index (χ0v) is 13.7. The van der Waals surface area contributed by atoms with E-state index in [0.29, 0.717) is 5.39 Å². The first-order chi connectivity index (χ1) is 12.9. The van der Waals surface area contributed by atoms with E-state index in [4.69, 9.17) is 4.74 Å². The zero-order chi connectivity index (χ0) is 19.6. The van der Waals surface area contributed by atoms with Gasteiger partial charge in [-0.15, -0.1) is 0 Å². The fourth-order valence-corrected chi connectivity index (χ4v) is 2.48. The van der Waals surface area contributed by atoms with Crippen molar-refractivity contribution < 1.29 is 33.3 Å². The minimum Gasteiger partial charge on any atom is -0.507 e. The topological polar surface area (TPSA) is 95.9 Å². The van der Waals surface area contributed by atoms with Crippen molar-refractivity contribution in [3.8, 4) is 11.5 Å². The number of phenolic OH excluding ortho intramolecular Hbond substituents is 2. The molecule has 138 valence electrons. The van der Waals surface area contributed by atoms with E-state index in [1.54, 1.807) is 18.2 Å². The van der Waals surface area contributed by atoms with Crippen molar-refractivity contribution in [1.82, 2.24) is 0 Å². The molecule has 0 radical (unpaired) electrons. The lowest BCUT2D eigenvalue weighted by Crippen LogP contribution is -2.21. The van der Waals surface area contributed by atoms with Crippen molar-refractivity contribution in [2.45, 2.75) is 0 Å². The predicted octanol–water partition coefficient (Wildman–Crippen LogP) is 3.32. The molecule has 0 unspecified atom stereocenters. The van der Waals surface area contributed by atoms with Gasteiger partial charge in [0.25, 0.3) is 5.91 Å². The smallest absolute Gasteiger partial charge is 0.342 e. The number of aromatic hydroxyl groups is 2. The Hall–Kier alpha value is -3.68. The van der Waals surface area contributed by atoms with Crippen LogP contribution in [0, 0.1) is 11.6 Å². The molecular weight excluding hydrogens is 360 g/mol. The van der Waals surface area contributed by atoms with Gasteiger partial charge in [-0.3, -0.25) is 4.79 Å². The quantitative estimate of drug-likeness (QED) is 0.482. The van der Waals surface area contributed by atoms with Crippen LogP contribution in [0.2, 0.25) is 0 Å². The lowest BCUT2D eigenvalue weighted by molar-refractivity contribution is -0.119. The van der Waals surface area contributed by atoms with Gasteiger partial charge in [0, 0.05) is 16.8 Å². The molecule has 0 fully saturated rings. The second-order valence-electron chi connectivity index (χ2n) is 5.59. The Labute approximate surface area is 151 Å². The molecule has 0 atom stereocenters. The first kappa shape index (κ1) is 18.1. The second-order valence-corrected chi connectivity index (χ2v) is 5.59. The molecule has 3 rings (SSSR count). The maximum Gasteiger partial charge on any atom is 0.342 e. The number of anilines is 1. The van der Waals surface area contributed by atoms with E-state index >= 15 is 0 Å². The summed E-state index contributed by atoms with van der Waals surface area (Å²) in [5.41, 5.74) is -0.738. The van der Waals surface area contributed by atoms with Gasteiger partial charge in [0.15, 0.2) is 6.61 Å². The first-order valence-electron chi connectivity index (χ1n) is 7.72. The van der Waals surface area contributed by atoms with Crippen molar-refractivity contribution in [1.29, 1.82) is 0 Å². The van der Waals surface area contributed by atoms with Crippen molar-refractivity contribution in [3.63, 3.8) is 0 Å². The molecule has 0 bridgehead atoms. The highest BCUT2D eigenvalue weighted by molar-refractivity contribution is 6.04. The van der Waals surface area contributed by atoms with E-state index in [1.807, 2.05) is 0 Å². The SMILES string of the molecule is O=C(COC(=O)c1cc(O)c2ccccc2c1O)Nc1cc(F)ccc1F. The Morgan fingerprint density at radius 1 is 1.00 bits per heavy atom. The molecular formula is C19H13F2NO5. The molecule has 0 saturated heterocycles. The lowest BCUT2D eigenvalue weighted by atomic mass is 10.0. The van der Waals surface area contributed by atoms with Gasteiger partial charge >= 0.3 is 5.97 Å². The summed E-state index contributed by atoms with van der Waals surface area (Å²) in [4.78, 5) is 23.9. The van der Waals surface area contributed by atoms with Crippen molar-refractivity contribution >= 4 is 28.3 Å². The largest absolute Gasteiger partial charge is 0.507 e. The van der Waals surface area contributed by atoms with Crippen LogP contribution in [0.5, 0.6) is 11.5 Å². The number of nitrogens with one attached hydrogen (secondary N) is 1. The van der Waals surface area contributed by atoms with Crippen LogP contribution in [0.1, 0.15) is 10.4 Å². The number of benzene rings is 3. The van der Waals surface area contributed by atoms with E-state index in [1.165, 1.54) is 6.07 Å². The third kappa shape index (κ3) is 3.79. The maximum atomic E-state index is 13.5. The van der Waals surface area contributed by atoms with Crippen LogP contribution in [0.25, 0.3) is 10.8 Å². The molecule has 0 aromatic heterocycles. The molecule has 6 nitrogen and oxygen atoms in total. The summed E-state index contributed by atoms with van der Waals surface area (Å²) in [5.74, 6) is -4.24. The molecule has 1 amide bonds. The summed E-state index contributed by atoms with van der Waals surface area (Å²) in [6.45, 7) is -0.804. The van der Waals surface area contributed by atoms with E-state index < -0.39 is 41.6 Å².